The van der Waals surface area contributed by atoms with Crippen LogP contribution in [0.4, 0.5) is 4.79 Å². The van der Waals surface area contributed by atoms with Crippen molar-refractivity contribution in [3.8, 4) is 5.88 Å². The Morgan fingerprint density at radius 1 is 1.42 bits per heavy atom. The molecule has 0 saturated carbocycles. The Morgan fingerprint density at radius 3 is 2.79 bits per heavy atom. The highest BCUT2D eigenvalue weighted by Gasteiger charge is 2.15. The van der Waals surface area contributed by atoms with E-state index in [1.165, 1.54) is 0 Å². The molecule has 0 fully saturated rings. The van der Waals surface area contributed by atoms with Crippen LogP contribution in [0.1, 0.15) is 32.8 Å². The van der Waals surface area contributed by atoms with Crippen molar-refractivity contribution in [3.05, 3.63) is 23.9 Å². The SMILES string of the molecule is COc1cc(CCCNC(=O)OC(C)(C)C)ccn1. The number of nitrogens with one attached hydrogen (secondary N) is 1. The molecule has 0 aromatic carbocycles. The zero-order valence-corrected chi connectivity index (χ0v) is 12.0. The van der Waals surface area contributed by atoms with Gasteiger partial charge in [0.25, 0.3) is 0 Å². The molecular weight excluding hydrogens is 244 g/mol. The molecule has 1 aromatic rings. The van der Waals surface area contributed by atoms with Gasteiger partial charge >= 0.3 is 6.09 Å². The molecule has 0 radical (unpaired) electrons. The number of ether oxygens (including phenoxy) is 2. The number of pyridine rings is 1. The third-order valence-electron chi connectivity index (χ3n) is 2.32. The molecule has 19 heavy (non-hydrogen) atoms. The Morgan fingerprint density at radius 2 is 2.16 bits per heavy atom. The first-order valence-corrected chi connectivity index (χ1v) is 6.36. The highest BCUT2D eigenvalue weighted by Crippen LogP contribution is 2.10. The lowest BCUT2D eigenvalue weighted by Crippen LogP contribution is -2.33. The van der Waals surface area contributed by atoms with Gasteiger partial charge in [-0.25, -0.2) is 9.78 Å². The number of aryl methyl sites for hydroxylation is 1. The van der Waals surface area contributed by atoms with E-state index in [0.717, 1.165) is 18.4 Å². The van der Waals surface area contributed by atoms with Crippen molar-refractivity contribution in [2.75, 3.05) is 13.7 Å². The molecular formula is C14H22N2O3. The number of aromatic nitrogens is 1. The van der Waals surface area contributed by atoms with Crippen LogP contribution in [0, 0.1) is 0 Å². The number of amides is 1. The summed E-state index contributed by atoms with van der Waals surface area (Å²) < 4.78 is 10.2. The molecule has 0 spiro atoms. The Balaban J connectivity index is 2.25. The summed E-state index contributed by atoms with van der Waals surface area (Å²) in [5, 5.41) is 2.73. The lowest BCUT2D eigenvalue weighted by molar-refractivity contribution is 0.0527. The molecule has 5 nitrogen and oxygen atoms in total. The summed E-state index contributed by atoms with van der Waals surface area (Å²) in [5.41, 5.74) is 0.681. The molecule has 0 aliphatic rings. The van der Waals surface area contributed by atoms with E-state index in [1.54, 1.807) is 13.3 Å². The second kappa shape index (κ2) is 6.97. The highest BCUT2D eigenvalue weighted by atomic mass is 16.6. The molecule has 0 atom stereocenters. The molecule has 106 valence electrons. The van der Waals surface area contributed by atoms with Crippen molar-refractivity contribution in [2.24, 2.45) is 0 Å². The van der Waals surface area contributed by atoms with Gasteiger partial charge in [0.15, 0.2) is 0 Å². The van der Waals surface area contributed by atoms with Crippen LogP contribution in [0.5, 0.6) is 5.88 Å². The van der Waals surface area contributed by atoms with Crippen LogP contribution in [0.15, 0.2) is 18.3 Å². The van der Waals surface area contributed by atoms with Crippen molar-refractivity contribution in [1.29, 1.82) is 0 Å². The second-order valence-corrected chi connectivity index (χ2v) is 5.24. The summed E-state index contributed by atoms with van der Waals surface area (Å²) in [6.45, 7) is 6.11. The number of methoxy groups -OCH3 is 1. The molecule has 5 heteroatoms. The lowest BCUT2D eigenvalue weighted by atomic mass is 10.1. The summed E-state index contributed by atoms with van der Waals surface area (Å²) >= 11 is 0. The molecule has 1 aromatic heterocycles. The van der Waals surface area contributed by atoms with E-state index in [4.69, 9.17) is 9.47 Å². The molecule has 1 N–H and O–H groups in total. The lowest BCUT2D eigenvalue weighted by Gasteiger charge is -2.19. The fourth-order valence-corrected chi connectivity index (χ4v) is 1.51. The minimum absolute atomic E-state index is 0.375. The van der Waals surface area contributed by atoms with Gasteiger partial charge < -0.3 is 14.8 Å². The van der Waals surface area contributed by atoms with Crippen molar-refractivity contribution in [1.82, 2.24) is 10.3 Å². The molecule has 0 unspecified atom stereocenters. The number of hydrogen-bond donors (Lipinski definition) is 1. The van der Waals surface area contributed by atoms with E-state index in [0.29, 0.717) is 12.4 Å². The van der Waals surface area contributed by atoms with E-state index in [-0.39, 0.29) is 6.09 Å². The fourth-order valence-electron chi connectivity index (χ4n) is 1.51. The van der Waals surface area contributed by atoms with Gasteiger partial charge in [-0.2, -0.15) is 0 Å². The quantitative estimate of drug-likeness (QED) is 0.832. The van der Waals surface area contributed by atoms with Crippen molar-refractivity contribution in [2.45, 2.75) is 39.2 Å². The maximum Gasteiger partial charge on any atom is 0.407 e. The summed E-state index contributed by atoms with van der Waals surface area (Å²) in [6.07, 6.45) is 3.04. The minimum Gasteiger partial charge on any atom is -0.481 e. The van der Waals surface area contributed by atoms with E-state index < -0.39 is 5.60 Å². The average molecular weight is 266 g/mol. The van der Waals surface area contributed by atoms with Gasteiger partial charge in [-0.05, 0) is 45.2 Å². The Hall–Kier alpha value is -1.78. The Kier molecular flexibility index (Phi) is 5.60. The van der Waals surface area contributed by atoms with Gasteiger partial charge in [0.1, 0.15) is 5.60 Å². The molecule has 0 bridgehead atoms. The minimum atomic E-state index is -0.456. The summed E-state index contributed by atoms with van der Waals surface area (Å²) in [4.78, 5) is 15.4. The first-order chi connectivity index (χ1) is 8.90. The van der Waals surface area contributed by atoms with Crippen LogP contribution in [0.3, 0.4) is 0 Å². The zero-order valence-electron chi connectivity index (χ0n) is 12.0. The number of carbonyl (C=O) groups is 1. The standard InChI is InChI=1S/C14H22N2O3/c1-14(2,3)19-13(17)16-8-5-6-11-7-9-15-12(10-11)18-4/h7,9-10H,5-6,8H2,1-4H3,(H,16,17). The van der Waals surface area contributed by atoms with E-state index in [2.05, 4.69) is 10.3 Å². The summed E-state index contributed by atoms with van der Waals surface area (Å²) in [7, 11) is 1.59. The molecule has 1 amide bonds. The third kappa shape index (κ3) is 6.64. The smallest absolute Gasteiger partial charge is 0.407 e. The number of alkyl carbamates (subject to hydrolysis) is 1. The Bertz CT molecular complexity index is 413. The predicted molar refractivity (Wildman–Crippen MR) is 73.3 cm³/mol. The summed E-state index contributed by atoms with van der Waals surface area (Å²) in [6, 6.07) is 3.84. The van der Waals surface area contributed by atoms with Crippen LogP contribution in [0.2, 0.25) is 0 Å². The first-order valence-electron chi connectivity index (χ1n) is 6.36. The van der Waals surface area contributed by atoms with Crippen molar-refractivity contribution in [3.63, 3.8) is 0 Å². The van der Waals surface area contributed by atoms with Gasteiger partial charge in [-0.3, -0.25) is 0 Å². The number of nitrogens with zero attached hydrogens (tertiary/aromatic N) is 1. The van der Waals surface area contributed by atoms with Gasteiger partial charge in [-0.15, -0.1) is 0 Å². The van der Waals surface area contributed by atoms with Crippen LogP contribution in [0.25, 0.3) is 0 Å². The second-order valence-electron chi connectivity index (χ2n) is 5.24. The molecule has 0 saturated heterocycles. The van der Waals surface area contributed by atoms with Crippen molar-refractivity contribution < 1.29 is 14.3 Å². The maximum atomic E-state index is 11.4. The fraction of sp³-hybridized carbons (Fsp3) is 0.571. The highest BCUT2D eigenvalue weighted by molar-refractivity contribution is 5.67. The maximum absolute atomic E-state index is 11.4. The van der Waals surface area contributed by atoms with Gasteiger partial charge in [-0.1, -0.05) is 0 Å². The number of hydrogen-bond acceptors (Lipinski definition) is 4. The molecule has 0 aliphatic carbocycles. The summed E-state index contributed by atoms with van der Waals surface area (Å²) in [5.74, 6) is 0.609. The zero-order chi connectivity index (χ0) is 14.3. The van der Waals surface area contributed by atoms with Crippen molar-refractivity contribution >= 4 is 6.09 Å². The van der Waals surface area contributed by atoms with E-state index in [9.17, 15) is 4.79 Å². The largest absolute Gasteiger partial charge is 0.481 e. The van der Waals surface area contributed by atoms with Crippen LogP contribution in [-0.2, 0) is 11.2 Å². The first kappa shape index (κ1) is 15.3. The average Bonchev–Trinajstić information content (AvgIpc) is 2.33. The van der Waals surface area contributed by atoms with Crippen LogP contribution < -0.4 is 10.1 Å². The van der Waals surface area contributed by atoms with Crippen LogP contribution in [-0.4, -0.2) is 30.3 Å². The normalized spacial score (nSPS) is 10.9. The predicted octanol–water partition coefficient (Wildman–Crippen LogP) is 2.55. The van der Waals surface area contributed by atoms with E-state index >= 15 is 0 Å². The monoisotopic (exact) mass is 266 g/mol. The topological polar surface area (TPSA) is 60.5 Å². The van der Waals surface area contributed by atoms with Gasteiger partial charge in [0, 0.05) is 18.8 Å². The number of carbonyl (C=O) groups excluding carboxylic acids is 1. The third-order valence-corrected chi connectivity index (χ3v) is 2.32. The Labute approximate surface area is 114 Å². The number of rotatable bonds is 5. The molecule has 1 heterocycles. The van der Waals surface area contributed by atoms with Gasteiger partial charge in [0.05, 0.1) is 7.11 Å². The molecule has 1 rings (SSSR count). The molecule has 0 aliphatic heterocycles. The van der Waals surface area contributed by atoms with Crippen LogP contribution >= 0.6 is 0 Å². The van der Waals surface area contributed by atoms with E-state index in [1.807, 2.05) is 32.9 Å². The van der Waals surface area contributed by atoms with Gasteiger partial charge in [0.2, 0.25) is 5.88 Å².